The van der Waals surface area contributed by atoms with Crippen molar-refractivity contribution in [1.29, 1.82) is 0 Å². The first-order valence-corrected chi connectivity index (χ1v) is 7.63. The van der Waals surface area contributed by atoms with Gasteiger partial charge in [0, 0.05) is 17.9 Å². The van der Waals surface area contributed by atoms with Gasteiger partial charge in [0.15, 0.2) is 0 Å². The van der Waals surface area contributed by atoms with Crippen LogP contribution in [0.15, 0.2) is 41.8 Å². The molecule has 0 saturated carbocycles. The Hall–Kier alpha value is -1.70. The summed E-state index contributed by atoms with van der Waals surface area (Å²) in [5.74, 6) is -0.683. The van der Waals surface area contributed by atoms with E-state index in [-0.39, 0.29) is 18.7 Å². The zero-order valence-electron chi connectivity index (χ0n) is 11.0. The fraction of sp³-hybridized carbons (Fsp3) is 0.250. The molecule has 0 aromatic heterocycles. The van der Waals surface area contributed by atoms with Crippen molar-refractivity contribution in [3.63, 3.8) is 0 Å². The van der Waals surface area contributed by atoms with Crippen LogP contribution < -0.4 is 11.2 Å². The number of nitrogens with two attached hydrogens (primary N) is 1. The molecule has 0 aliphatic carbocycles. The van der Waals surface area contributed by atoms with Crippen molar-refractivity contribution in [3.05, 3.63) is 47.4 Å². The zero-order valence-corrected chi connectivity index (χ0v) is 11.9. The molecule has 8 nitrogen and oxygen atoms in total. The van der Waals surface area contributed by atoms with Gasteiger partial charge in [-0.3, -0.25) is 19.7 Å². The topological polar surface area (TPSA) is 142 Å². The zero-order chi connectivity index (χ0) is 15.9. The van der Waals surface area contributed by atoms with Crippen molar-refractivity contribution in [2.75, 3.05) is 0 Å². The number of carbonyl (C=O) groups is 1. The van der Waals surface area contributed by atoms with Gasteiger partial charge in [0.05, 0.1) is 6.61 Å². The van der Waals surface area contributed by atoms with Crippen molar-refractivity contribution < 1.29 is 29.1 Å². The Bertz CT molecular complexity index is 542. The molecule has 0 heterocycles. The molecule has 116 valence electrons. The first-order valence-electron chi connectivity index (χ1n) is 5.95. The lowest BCUT2D eigenvalue weighted by molar-refractivity contribution is -0.138. The first kappa shape index (κ1) is 17.4. The lowest BCUT2D eigenvalue weighted by Gasteiger charge is -2.14. The standard InChI is InChI=1S/C12H17N2O6P/c13-11(12(15)16)6-10(8-21(17,18)19)14-20-7-9-4-2-1-3-5-9/h1-5,8,11,14H,6-7,13H2,(H,15,16)(H2,17,18,19)/t11-/m0/s1. The third-order valence-corrected chi connectivity index (χ3v) is 3.01. The van der Waals surface area contributed by atoms with E-state index in [1.165, 1.54) is 0 Å². The van der Waals surface area contributed by atoms with E-state index in [0.717, 1.165) is 5.56 Å². The second-order valence-electron chi connectivity index (χ2n) is 4.27. The number of hydrogen-bond donors (Lipinski definition) is 5. The molecule has 1 aromatic rings. The predicted octanol–water partition coefficient (Wildman–Crippen LogP) is 0.529. The highest BCUT2D eigenvalue weighted by atomic mass is 31.2. The molecule has 0 radical (unpaired) electrons. The van der Waals surface area contributed by atoms with Crippen LogP contribution in [0.25, 0.3) is 0 Å². The average molecular weight is 316 g/mol. The van der Waals surface area contributed by atoms with Crippen LogP contribution in [0, 0.1) is 0 Å². The SMILES string of the molecule is N[C@@H](CC(=CP(=O)(O)O)NOCc1ccccc1)C(=O)O. The van der Waals surface area contributed by atoms with Crippen LogP contribution in [0.5, 0.6) is 0 Å². The third-order valence-electron chi connectivity index (χ3n) is 2.37. The molecule has 0 bridgehead atoms. The minimum absolute atomic E-state index is 0.0887. The predicted molar refractivity (Wildman–Crippen MR) is 74.7 cm³/mol. The van der Waals surface area contributed by atoms with Gasteiger partial charge in [0.1, 0.15) is 6.04 Å². The lowest BCUT2D eigenvalue weighted by Crippen LogP contribution is -2.32. The van der Waals surface area contributed by atoms with E-state index in [4.69, 9.17) is 25.5 Å². The maximum absolute atomic E-state index is 11.0. The Labute approximate surface area is 121 Å². The summed E-state index contributed by atoms with van der Waals surface area (Å²) in [5, 5.41) is 8.72. The molecular formula is C12H17N2O6P. The summed E-state index contributed by atoms with van der Waals surface area (Å²) in [6.07, 6.45) is -0.296. The summed E-state index contributed by atoms with van der Waals surface area (Å²) in [5.41, 5.74) is 8.41. The summed E-state index contributed by atoms with van der Waals surface area (Å²) >= 11 is 0. The second kappa shape index (κ2) is 7.92. The molecule has 0 aliphatic heterocycles. The molecular weight excluding hydrogens is 299 g/mol. The largest absolute Gasteiger partial charge is 0.480 e. The quantitative estimate of drug-likeness (QED) is 0.345. The number of benzene rings is 1. The number of carboxylic acids is 1. The summed E-state index contributed by atoms with van der Waals surface area (Å²) in [4.78, 5) is 33.6. The van der Waals surface area contributed by atoms with Crippen LogP contribution in [0.4, 0.5) is 0 Å². The van der Waals surface area contributed by atoms with Gasteiger partial charge in [-0.2, -0.15) is 0 Å². The Balaban J connectivity index is 2.63. The van der Waals surface area contributed by atoms with E-state index in [9.17, 15) is 9.36 Å². The maximum atomic E-state index is 11.0. The number of aliphatic carboxylic acids is 1. The highest BCUT2D eigenvalue weighted by molar-refractivity contribution is 7.55. The van der Waals surface area contributed by atoms with Gasteiger partial charge in [-0.05, 0) is 5.56 Å². The number of hydroxylamine groups is 1. The van der Waals surface area contributed by atoms with Crippen molar-refractivity contribution >= 4 is 13.6 Å². The molecule has 0 amide bonds. The number of rotatable bonds is 8. The molecule has 6 N–H and O–H groups in total. The monoisotopic (exact) mass is 316 g/mol. The van der Waals surface area contributed by atoms with Crippen molar-refractivity contribution in [3.8, 4) is 0 Å². The van der Waals surface area contributed by atoms with Crippen LogP contribution in [-0.4, -0.2) is 26.9 Å². The number of hydrogen-bond acceptors (Lipinski definition) is 5. The third kappa shape index (κ3) is 7.60. The maximum Gasteiger partial charge on any atom is 0.350 e. The Morgan fingerprint density at radius 3 is 2.52 bits per heavy atom. The van der Waals surface area contributed by atoms with E-state index in [2.05, 4.69) is 5.48 Å². The fourth-order valence-electron chi connectivity index (χ4n) is 1.43. The summed E-state index contributed by atoms with van der Waals surface area (Å²) in [6.45, 7) is 0.141. The molecule has 1 atom stereocenters. The van der Waals surface area contributed by atoms with Gasteiger partial charge >= 0.3 is 13.6 Å². The summed E-state index contributed by atoms with van der Waals surface area (Å²) < 4.78 is 11.0. The molecule has 0 fully saturated rings. The molecule has 0 spiro atoms. The molecule has 0 saturated heterocycles. The highest BCUT2D eigenvalue weighted by Gasteiger charge is 2.18. The van der Waals surface area contributed by atoms with E-state index in [0.29, 0.717) is 5.82 Å². The van der Waals surface area contributed by atoms with Crippen LogP contribution in [0.1, 0.15) is 12.0 Å². The van der Waals surface area contributed by atoms with Crippen LogP contribution in [0.2, 0.25) is 0 Å². The minimum atomic E-state index is -4.47. The molecule has 0 unspecified atom stereocenters. The van der Waals surface area contributed by atoms with Crippen LogP contribution in [0.3, 0.4) is 0 Å². The molecule has 21 heavy (non-hydrogen) atoms. The summed E-state index contributed by atoms with van der Waals surface area (Å²) in [6, 6.07) is 7.77. The van der Waals surface area contributed by atoms with Gasteiger partial charge in [0.2, 0.25) is 0 Å². The average Bonchev–Trinajstić information content (AvgIpc) is 2.37. The van der Waals surface area contributed by atoms with E-state index in [1.807, 2.05) is 18.2 Å². The van der Waals surface area contributed by atoms with Crippen molar-refractivity contribution in [2.24, 2.45) is 5.73 Å². The van der Waals surface area contributed by atoms with Gasteiger partial charge < -0.3 is 20.6 Å². The number of carboxylic acid groups (broad SMARTS) is 1. The smallest absolute Gasteiger partial charge is 0.350 e. The molecule has 1 aromatic carbocycles. The fourth-order valence-corrected chi connectivity index (χ4v) is 2.00. The Kier molecular flexibility index (Phi) is 6.54. The lowest BCUT2D eigenvalue weighted by atomic mass is 10.2. The Morgan fingerprint density at radius 2 is 2.00 bits per heavy atom. The highest BCUT2D eigenvalue weighted by Crippen LogP contribution is 2.37. The van der Waals surface area contributed by atoms with Crippen LogP contribution >= 0.6 is 7.60 Å². The molecule has 9 heteroatoms. The normalized spacial score (nSPS) is 13.8. The molecule has 1 rings (SSSR count). The second-order valence-corrected chi connectivity index (χ2v) is 5.71. The van der Waals surface area contributed by atoms with Gasteiger partial charge in [0.25, 0.3) is 0 Å². The first-order chi connectivity index (χ1) is 9.78. The summed E-state index contributed by atoms with van der Waals surface area (Å²) in [7, 11) is -4.47. The van der Waals surface area contributed by atoms with E-state index < -0.39 is 19.6 Å². The van der Waals surface area contributed by atoms with Crippen molar-refractivity contribution in [2.45, 2.75) is 19.1 Å². The van der Waals surface area contributed by atoms with E-state index in [1.54, 1.807) is 12.1 Å². The van der Waals surface area contributed by atoms with Gasteiger partial charge in [-0.1, -0.05) is 30.3 Å². The molecule has 0 aliphatic rings. The van der Waals surface area contributed by atoms with Crippen LogP contribution in [-0.2, 0) is 20.8 Å². The number of nitrogens with one attached hydrogen (secondary N) is 1. The van der Waals surface area contributed by atoms with Gasteiger partial charge in [-0.25, -0.2) is 0 Å². The van der Waals surface area contributed by atoms with E-state index >= 15 is 0 Å². The Morgan fingerprint density at radius 1 is 1.38 bits per heavy atom. The van der Waals surface area contributed by atoms with Crippen molar-refractivity contribution in [1.82, 2.24) is 5.48 Å². The minimum Gasteiger partial charge on any atom is -0.480 e. The van der Waals surface area contributed by atoms with Gasteiger partial charge in [-0.15, -0.1) is 0 Å².